The molecule has 0 saturated heterocycles. The normalized spacial score (nSPS) is 15.8. The SMILES string of the molecule is CN(CCOCCOCCOCCOCCOCCN(C)c1ccc(C2=C(O)C(=C3C=CC(=[N+](C)C)C=C3)C2=O)cc1)c1ccc(C2=C(O)C(=C3C=CC(=[N+](C)C)C=C3)C2=O)cc1. The van der Waals surface area contributed by atoms with Gasteiger partial charge in [0.05, 0.1) is 88.4 Å². The van der Waals surface area contributed by atoms with Gasteiger partial charge >= 0.3 is 0 Å². The summed E-state index contributed by atoms with van der Waals surface area (Å²) in [6.45, 7) is 6.19. The number of aliphatic hydroxyl groups is 2. The van der Waals surface area contributed by atoms with E-state index in [0.29, 0.717) is 124 Å². The zero-order chi connectivity index (χ0) is 44.9. The molecule has 0 fully saturated rings. The largest absolute Gasteiger partial charge is 0.506 e. The van der Waals surface area contributed by atoms with E-state index < -0.39 is 0 Å². The second kappa shape index (κ2) is 22.4. The highest BCUT2D eigenvalue weighted by Crippen LogP contribution is 2.40. The van der Waals surface area contributed by atoms with Gasteiger partial charge in [0, 0.05) is 62.9 Å². The maximum atomic E-state index is 13.0. The predicted molar refractivity (Wildman–Crippen MR) is 247 cm³/mol. The number of nitrogens with zero attached hydrogens (tertiary/aromatic N) is 4. The number of ketones is 2. The number of likely N-dealkylation sites (N-methyl/N-ethyl adjacent to an activating group) is 2. The Hall–Kier alpha value is -5.96. The molecule has 0 atom stereocenters. The molecule has 2 aromatic carbocycles. The van der Waals surface area contributed by atoms with Gasteiger partial charge in [0.2, 0.25) is 11.6 Å². The third kappa shape index (κ3) is 11.7. The Labute approximate surface area is 370 Å². The van der Waals surface area contributed by atoms with Gasteiger partial charge in [0.25, 0.3) is 0 Å². The molecular formula is C50H60N4O9+2. The van der Waals surface area contributed by atoms with Crippen LogP contribution in [0, 0.1) is 0 Å². The lowest BCUT2D eigenvalue weighted by Crippen LogP contribution is -2.24. The molecule has 13 heteroatoms. The van der Waals surface area contributed by atoms with Crippen LogP contribution in [0.25, 0.3) is 11.1 Å². The Balaban J connectivity index is 0.747. The van der Waals surface area contributed by atoms with E-state index in [1.807, 2.05) is 149 Å². The van der Waals surface area contributed by atoms with Crippen molar-refractivity contribution in [1.82, 2.24) is 0 Å². The average Bonchev–Trinajstić information content (AvgIpc) is 3.28. The molecule has 0 saturated carbocycles. The summed E-state index contributed by atoms with van der Waals surface area (Å²) in [5.74, 6) is -0.231. The third-order valence-electron chi connectivity index (χ3n) is 11.0. The second-order valence-electron chi connectivity index (χ2n) is 15.7. The Morgan fingerprint density at radius 1 is 0.429 bits per heavy atom. The Kier molecular flexibility index (Phi) is 16.6. The fourth-order valence-corrected chi connectivity index (χ4v) is 7.14. The number of rotatable bonds is 22. The molecule has 0 radical (unpaired) electrons. The third-order valence-corrected chi connectivity index (χ3v) is 11.0. The molecule has 332 valence electrons. The number of carbonyl (C=O) groups excluding carboxylic acids is 2. The lowest BCUT2D eigenvalue weighted by atomic mass is 9.80. The van der Waals surface area contributed by atoms with Gasteiger partial charge in [-0.1, -0.05) is 24.3 Å². The summed E-state index contributed by atoms with van der Waals surface area (Å²) in [6, 6.07) is 15.2. The number of allylic oxidation sites excluding steroid dienone is 14. The van der Waals surface area contributed by atoms with Crippen LogP contribution in [0.1, 0.15) is 11.1 Å². The van der Waals surface area contributed by atoms with Gasteiger partial charge in [-0.05, 0) is 70.8 Å². The minimum Gasteiger partial charge on any atom is -0.506 e. The summed E-state index contributed by atoms with van der Waals surface area (Å²) in [6.07, 6.45) is 15.1. The van der Waals surface area contributed by atoms with Crippen LogP contribution in [0.15, 0.2) is 131 Å². The van der Waals surface area contributed by atoms with E-state index in [-0.39, 0.29) is 23.1 Å². The van der Waals surface area contributed by atoms with Crippen LogP contribution in [0.5, 0.6) is 0 Å². The lowest BCUT2D eigenvalue weighted by Gasteiger charge is -2.24. The maximum Gasteiger partial charge on any atom is 0.201 e. The van der Waals surface area contributed by atoms with E-state index in [0.717, 1.165) is 22.8 Å². The monoisotopic (exact) mass is 860 g/mol. The van der Waals surface area contributed by atoms with Crippen molar-refractivity contribution in [2.75, 3.05) is 131 Å². The van der Waals surface area contributed by atoms with Gasteiger partial charge < -0.3 is 43.7 Å². The van der Waals surface area contributed by atoms with E-state index in [4.69, 9.17) is 23.7 Å². The number of hydrogen-bond acceptors (Lipinski definition) is 11. The first kappa shape index (κ1) is 46.5. The number of anilines is 2. The van der Waals surface area contributed by atoms with Crippen molar-refractivity contribution in [3.63, 3.8) is 0 Å². The molecule has 4 aliphatic carbocycles. The van der Waals surface area contributed by atoms with Crippen LogP contribution in [0.2, 0.25) is 0 Å². The molecule has 0 unspecified atom stereocenters. The molecule has 0 spiro atoms. The average molecular weight is 861 g/mol. The van der Waals surface area contributed by atoms with Crippen molar-refractivity contribution in [3.05, 3.63) is 142 Å². The van der Waals surface area contributed by atoms with E-state index in [2.05, 4.69) is 9.80 Å². The maximum absolute atomic E-state index is 13.0. The van der Waals surface area contributed by atoms with Crippen molar-refractivity contribution < 1.29 is 52.6 Å². The molecule has 0 aromatic heterocycles. The summed E-state index contributed by atoms with van der Waals surface area (Å²) in [5, 5.41) is 21.5. The first-order chi connectivity index (χ1) is 30.5. The van der Waals surface area contributed by atoms with E-state index >= 15 is 0 Å². The van der Waals surface area contributed by atoms with Gasteiger partial charge in [-0.2, -0.15) is 0 Å². The zero-order valence-electron chi connectivity index (χ0n) is 37.3. The van der Waals surface area contributed by atoms with Crippen LogP contribution in [-0.2, 0) is 33.3 Å². The molecule has 0 aliphatic heterocycles. The fraction of sp³-hybridized carbons (Fsp3) is 0.360. The van der Waals surface area contributed by atoms with Crippen LogP contribution < -0.4 is 9.80 Å². The topological polar surface area (TPSA) is 133 Å². The van der Waals surface area contributed by atoms with Gasteiger partial charge in [0.1, 0.15) is 39.7 Å². The first-order valence-electron chi connectivity index (χ1n) is 21.2. The molecule has 2 aromatic rings. The van der Waals surface area contributed by atoms with Gasteiger partial charge in [-0.25, -0.2) is 9.15 Å². The van der Waals surface area contributed by atoms with Crippen molar-refractivity contribution >= 4 is 45.5 Å². The smallest absolute Gasteiger partial charge is 0.201 e. The number of benzene rings is 2. The number of Topliss-reactive ketones (excluding diaryl/α,β-unsaturated/α-hetero) is 2. The fourth-order valence-electron chi connectivity index (χ4n) is 7.14. The number of aliphatic hydroxyl groups excluding tert-OH is 2. The molecule has 0 amide bonds. The van der Waals surface area contributed by atoms with E-state index in [1.54, 1.807) is 0 Å². The highest BCUT2D eigenvalue weighted by Gasteiger charge is 2.37. The van der Waals surface area contributed by atoms with Crippen molar-refractivity contribution in [2.24, 2.45) is 0 Å². The highest BCUT2D eigenvalue weighted by atomic mass is 16.6. The Morgan fingerprint density at radius 2 is 0.714 bits per heavy atom. The van der Waals surface area contributed by atoms with Gasteiger partial charge in [-0.15, -0.1) is 0 Å². The number of hydrogen-bond donors (Lipinski definition) is 2. The molecule has 13 nitrogen and oxygen atoms in total. The highest BCUT2D eigenvalue weighted by molar-refractivity contribution is 6.40. The number of ether oxygens (including phenoxy) is 5. The quantitative estimate of drug-likeness (QED) is 0.0907. The molecule has 6 rings (SSSR count). The summed E-state index contributed by atoms with van der Waals surface area (Å²) in [4.78, 5) is 30.1. The van der Waals surface area contributed by atoms with Crippen LogP contribution in [0.3, 0.4) is 0 Å². The van der Waals surface area contributed by atoms with E-state index in [1.165, 1.54) is 0 Å². The van der Waals surface area contributed by atoms with E-state index in [9.17, 15) is 19.8 Å². The van der Waals surface area contributed by atoms with Crippen LogP contribution in [0.4, 0.5) is 11.4 Å². The molecule has 0 heterocycles. The molecular weight excluding hydrogens is 801 g/mol. The Bertz CT molecular complexity index is 2130. The molecule has 63 heavy (non-hydrogen) atoms. The number of carbonyl (C=O) groups is 2. The summed E-state index contributed by atoms with van der Waals surface area (Å²) in [5.41, 5.74) is 8.23. The van der Waals surface area contributed by atoms with Crippen LogP contribution >= 0.6 is 0 Å². The molecule has 4 aliphatic rings. The van der Waals surface area contributed by atoms with Crippen LogP contribution in [-0.4, -0.2) is 164 Å². The lowest BCUT2D eigenvalue weighted by molar-refractivity contribution is -0.462. The van der Waals surface area contributed by atoms with Crippen molar-refractivity contribution in [2.45, 2.75) is 0 Å². The standard InChI is InChI=1S/C50H58N4O9/c1-51(2)39-15-7-35(8-16-39)43-47(55)45(48(43)56)37-11-19-41(20-12-37)53(5)23-25-59-27-29-61-31-33-63-34-32-62-30-28-60-26-24-54(6)42-21-13-38(14-22-42)46-49(57)44(50(46)58)36-9-17-40(18-10-36)52(3)4/h7-22H,23-34H2,1-6H3/p+2. The minimum absolute atomic E-state index is 0.0361. The molecule has 0 bridgehead atoms. The zero-order valence-corrected chi connectivity index (χ0v) is 37.3. The van der Waals surface area contributed by atoms with Crippen molar-refractivity contribution in [1.29, 1.82) is 0 Å². The summed E-state index contributed by atoms with van der Waals surface area (Å²) >= 11 is 0. The second-order valence-corrected chi connectivity index (χ2v) is 15.7. The minimum atomic E-state index is -0.151. The van der Waals surface area contributed by atoms with Gasteiger partial charge in [-0.3, -0.25) is 9.59 Å². The Morgan fingerprint density at radius 3 is 0.984 bits per heavy atom. The summed E-state index contributed by atoms with van der Waals surface area (Å²) < 4.78 is 32.3. The summed E-state index contributed by atoms with van der Waals surface area (Å²) in [7, 11) is 11.8. The predicted octanol–water partition coefficient (Wildman–Crippen LogP) is 5.32. The molecule has 2 N–H and O–H groups in total. The van der Waals surface area contributed by atoms with Gasteiger partial charge in [0.15, 0.2) is 11.4 Å². The first-order valence-corrected chi connectivity index (χ1v) is 21.2. The van der Waals surface area contributed by atoms with Crippen molar-refractivity contribution in [3.8, 4) is 0 Å².